The average Bonchev–Trinajstić information content (AvgIpc) is 2.71. The summed E-state index contributed by atoms with van der Waals surface area (Å²) >= 11 is 1.09. The molecule has 1 N–H and O–H groups in total. The molecule has 30 heavy (non-hydrogen) atoms. The van der Waals surface area contributed by atoms with Gasteiger partial charge in [-0.15, -0.1) is 0 Å². The highest BCUT2D eigenvalue weighted by molar-refractivity contribution is 7.99. The van der Waals surface area contributed by atoms with Gasteiger partial charge in [-0.05, 0) is 37.1 Å². The molecule has 3 rings (SSSR count). The number of nitrogens with zero attached hydrogens (tertiary/aromatic N) is 2. The number of anilines is 1. The van der Waals surface area contributed by atoms with E-state index in [9.17, 15) is 9.59 Å². The molecule has 0 aliphatic heterocycles. The van der Waals surface area contributed by atoms with E-state index in [-0.39, 0.29) is 22.2 Å². The third-order valence-corrected chi connectivity index (χ3v) is 5.23. The van der Waals surface area contributed by atoms with Gasteiger partial charge in [-0.3, -0.25) is 14.2 Å². The monoisotopic (exact) mass is 425 g/mol. The zero-order valence-corrected chi connectivity index (χ0v) is 18.1. The quantitative estimate of drug-likeness (QED) is 0.583. The Morgan fingerprint density at radius 3 is 2.27 bits per heavy atom. The molecule has 0 bridgehead atoms. The molecular weight excluding hydrogens is 402 g/mol. The number of aromatic nitrogens is 2. The van der Waals surface area contributed by atoms with E-state index >= 15 is 0 Å². The first kappa shape index (κ1) is 21.4. The molecule has 1 aromatic heterocycles. The maximum Gasteiger partial charge on any atom is 0.287 e. The van der Waals surface area contributed by atoms with Crippen LogP contribution in [0.4, 0.5) is 5.69 Å². The molecule has 0 fully saturated rings. The molecule has 0 spiro atoms. The SMILES string of the molecule is COc1cc(NC(=O)CSc2nccn(-c3cc(C)cc(C)c3)c2=O)cc(OC)c1. The number of methoxy groups -OCH3 is 2. The van der Waals surface area contributed by atoms with Crippen molar-refractivity contribution in [3.63, 3.8) is 0 Å². The molecule has 0 saturated heterocycles. The first-order chi connectivity index (χ1) is 14.4. The summed E-state index contributed by atoms with van der Waals surface area (Å²) in [5.74, 6) is 0.911. The third-order valence-electron chi connectivity index (χ3n) is 4.27. The van der Waals surface area contributed by atoms with E-state index in [1.807, 2.05) is 32.0 Å². The molecule has 0 radical (unpaired) electrons. The predicted octanol–water partition coefficient (Wildman–Crippen LogP) is 3.60. The fourth-order valence-electron chi connectivity index (χ4n) is 3.00. The van der Waals surface area contributed by atoms with Crippen molar-refractivity contribution in [2.45, 2.75) is 18.9 Å². The second-order valence-electron chi connectivity index (χ2n) is 6.69. The predicted molar refractivity (Wildman–Crippen MR) is 118 cm³/mol. The summed E-state index contributed by atoms with van der Waals surface area (Å²) in [4.78, 5) is 29.4. The molecule has 2 aromatic carbocycles. The lowest BCUT2D eigenvalue weighted by Crippen LogP contribution is -2.22. The number of hydrogen-bond donors (Lipinski definition) is 1. The number of carbonyl (C=O) groups excluding carboxylic acids is 1. The summed E-state index contributed by atoms with van der Waals surface area (Å²) in [6.45, 7) is 3.96. The Morgan fingerprint density at radius 2 is 1.67 bits per heavy atom. The fraction of sp³-hybridized carbons (Fsp3) is 0.227. The van der Waals surface area contributed by atoms with Crippen molar-refractivity contribution < 1.29 is 14.3 Å². The smallest absolute Gasteiger partial charge is 0.287 e. The van der Waals surface area contributed by atoms with Crippen LogP contribution in [0.1, 0.15) is 11.1 Å². The standard InChI is InChI=1S/C22H23N3O4S/c1-14-7-15(2)9-17(8-14)25-6-5-23-21(22(25)27)30-13-20(26)24-16-10-18(28-3)12-19(11-16)29-4/h5-12H,13H2,1-4H3,(H,24,26). The lowest BCUT2D eigenvalue weighted by atomic mass is 10.1. The van der Waals surface area contributed by atoms with Gasteiger partial charge in [0.05, 0.1) is 20.0 Å². The van der Waals surface area contributed by atoms with Gasteiger partial charge in [0.25, 0.3) is 5.56 Å². The summed E-state index contributed by atoms with van der Waals surface area (Å²) in [5.41, 5.74) is 3.19. The van der Waals surface area contributed by atoms with Crippen LogP contribution in [0.25, 0.3) is 5.69 Å². The largest absolute Gasteiger partial charge is 0.497 e. The Kier molecular flexibility index (Phi) is 6.79. The van der Waals surface area contributed by atoms with Crippen molar-refractivity contribution in [2.75, 3.05) is 25.3 Å². The zero-order valence-electron chi connectivity index (χ0n) is 17.3. The first-order valence-electron chi connectivity index (χ1n) is 9.21. The van der Waals surface area contributed by atoms with E-state index < -0.39 is 0 Å². The minimum absolute atomic E-state index is 0.0403. The molecule has 8 heteroatoms. The van der Waals surface area contributed by atoms with Crippen LogP contribution in [0.2, 0.25) is 0 Å². The van der Waals surface area contributed by atoms with Gasteiger partial charge < -0.3 is 14.8 Å². The zero-order chi connectivity index (χ0) is 21.7. The topological polar surface area (TPSA) is 82.5 Å². The maximum atomic E-state index is 12.8. The summed E-state index contributed by atoms with van der Waals surface area (Å²) < 4.78 is 12.0. The normalized spacial score (nSPS) is 10.5. The number of amides is 1. The van der Waals surface area contributed by atoms with Gasteiger partial charge in [-0.25, -0.2) is 4.98 Å². The molecular formula is C22H23N3O4S. The summed E-state index contributed by atoms with van der Waals surface area (Å²) in [7, 11) is 3.08. The van der Waals surface area contributed by atoms with Crippen molar-refractivity contribution in [3.05, 3.63) is 70.3 Å². The van der Waals surface area contributed by atoms with Crippen LogP contribution in [0.3, 0.4) is 0 Å². The molecule has 3 aromatic rings. The van der Waals surface area contributed by atoms with Gasteiger partial charge in [0.1, 0.15) is 11.5 Å². The Labute approximate surface area is 179 Å². The van der Waals surface area contributed by atoms with Gasteiger partial charge in [0, 0.05) is 42.0 Å². The summed E-state index contributed by atoms with van der Waals surface area (Å²) in [6.07, 6.45) is 3.19. The highest BCUT2D eigenvalue weighted by Crippen LogP contribution is 2.26. The lowest BCUT2D eigenvalue weighted by Gasteiger charge is -2.10. The highest BCUT2D eigenvalue weighted by Gasteiger charge is 2.12. The van der Waals surface area contributed by atoms with E-state index in [0.29, 0.717) is 17.2 Å². The summed E-state index contributed by atoms with van der Waals surface area (Å²) in [6, 6.07) is 11.0. The molecule has 0 atom stereocenters. The van der Waals surface area contributed by atoms with Gasteiger partial charge >= 0.3 is 0 Å². The Bertz CT molecular complexity index is 1090. The minimum Gasteiger partial charge on any atom is -0.497 e. The average molecular weight is 426 g/mol. The molecule has 0 saturated carbocycles. The Hall–Kier alpha value is -3.26. The van der Waals surface area contributed by atoms with Crippen molar-refractivity contribution >= 4 is 23.4 Å². The van der Waals surface area contributed by atoms with Crippen LogP contribution in [0.15, 0.2) is 58.6 Å². The van der Waals surface area contributed by atoms with E-state index in [4.69, 9.17) is 9.47 Å². The highest BCUT2D eigenvalue weighted by atomic mass is 32.2. The number of ether oxygens (including phenoxy) is 2. The number of thioether (sulfide) groups is 1. The van der Waals surface area contributed by atoms with Crippen LogP contribution in [-0.2, 0) is 4.79 Å². The fourth-order valence-corrected chi connectivity index (χ4v) is 3.69. The molecule has 7 nitrogen and oxygen atoms in total. The van der Waals surface area contributed by atoms with Crippen molar-refractivity contribution in [3.8, 4) is 17.2 Å². The van der Waals surface area contributed by atoms with Gasteiger partial charge in [-0.2, -0.15) is 0 Å². The van der Waals surface area contributed by atoms with E-state index in [1.54, 1.807) is 35.2 Å². The second kappa shape index (κ2) is 9.49. The third kappa shape index (κ3) is 5.21. The summed E-state index contributed by atoms with van der Waals surface area (Å²) in [5, 5.41) is 3.05. The minimum atomic E-state index is -0.265. The molecule has 1 heterocycles. The van der Waals surface area contributed by atoms with E-state index in [0.717, 1.165) is 28.6 Å². The van der Waals surface area contributed by atoms with Crippen LogP contribution in [0, 0.1) is 13.8 Å². The number of aryl methyl sites for hydroxylation is 2. The number of hydrogen-bond acceptors (Lipinski definition) is 6. The van der Waals surface area contributed by atoms with Crippen LogP contribution >= 0.6 is 11.8 Å². The Morgan fingerprint density at radius 1 is 1.03 bits per heavy atom. The second-order valence-corrected chi connectivity index (χ2v) is 7.66. The number of carbonyl (C=O) groups is 1. The molecule has 0 aliphatic carbocycles. The van der Waals surface area contributed by atoms with Crippen LogP contribution in [-0.4, -0.2) is 35.4 Å². The molecule has 1 amide bonds. The number of rotatable bonds is 7. The van der Waals surface area contributed by atoms with E-state index in [2.05, 4.69) is 10.3 Å². The van der Waals surface area contributed by atoms with Crippen LogP contribution < -0.4 is 20.3 Å². The van der Waals surface area contributed by atoms with Gasteiger partial charge in [0.15, 0.2) is 5.03 Å². The molecule has 156 valence electrons. The lowest BCUT2D eigenvalue weighted by molar-refractivity contribution is -0.113. The van der Waals surface area contributed by atoms with Crippen LogP contribution in [0.5, 0.6) is 11.5 Å². The Balaban J connectivity index is 1.73. The van der Waals surface area contributed by atoms with Gasteiger partial charge in [0.2, 0.25) is 5.91 Å². The maximum absolute atomic E-state index is 12.8. The van der Waals surface area contributed by atoms with Gasteiger partial charge in [-0.1, -0.05) is 17.8 Å². The number of benzene rings is 2. The van der Waals surface area contributed by atoms with Crippen molar-refractivity contribution in [1.82, 2.24) is 9.55 Å². The number of nitrogens with one attached hydrogen (secondary N) is 1. The van der Waals surface area contributed by atoms with Crippen molar-refractivity contribution in [2.24, 2.45) is 0 Å². The molecule has 0 aliphatic rings. The first-order valence-corrected chi connectivity index (χ1v) is 10.2. The molecule has 0 unspecified atom stereocenters. The van der Waals surface area contributed by atoms with Crippen molar-refractivity contribution in [1.29, 1.82) is 0 Å². The van der Waals surface area contributed by atoms with E-state index in [1.165, 1.54) is 14.2 Å².